The molecule has 0 heterocycles. The van der Waals surface area contributed by atoms with Gasteiger partial charge < -0.3 is 24.8 Å². The molecule has 0 saturated heterocycles. The fourth-order valence-corrected chi connectivity index (χ4v) is 3.24. The van der Waals surface area contributed by atoms with E-state index in [1.54, 1.807) is 60.7 Å². The molecule has 192 valence electrons. The Morgan fingerprint density at radius 2 is 1.65 bits per heavy atom. The Bertz CT molecular complexity index is 1320. The van der Waals surface area contributed by atoms with Crippen LogP contribution in [0.3, 0.4) is 0 Å². The Hall–Kier alpha value is -4.28. The predicted molar refractivity (Wildman–Crippen MR) is 141 cm³/mol. The highest BCUT2D eigenvalue weighted by atomic mass is 35.5. The molecular formula is C25H22Cl2N4O6. The number of halogens is 2. The first-order valence-corrected chi connectivity index (χ1v) is 11.4. The van der Waals surface area contributed by atoms with Gasteiger partial charge in [-0.25, -0.2) is 5.43 Å². The van der Waals surface area contributed by atoms with Gasteiger partial charge >= 0.3 is 11.8 Å². The van der Waals surface area contributed by atoms with E-state index in [1.807, 2.05) is 0 Å². The lowest BCUT2D eigenvalue weighted by Crippen LogP contribution is -2.32. The van der Waals surface area contributed by atoms with Crippen molar-refractivity contribution in [1.29, 1.82) is 0 Å². The van der Waals surface area contributed by atoms with Crippen molar-refractivity contribution in [2.45, 2.75) is 0 Å². The smallest absolute Gasteiger partial charge is 0.329 e. The van der Waals surface area contributed by atoms with E-state index in [2.05, 4.69) is 21.2 Å². The second-order valence-electron chi connectivity index (χ2n) is 7.23. The number of rotatable bonds is 9. The highest BCUT2D eigenvalue weighted by Crippen LogP contribution is 2.30. The van der Waals surface area contributed by atoms with Crippen LogP contribution < -0.4 is 30.3 Å². The quantitative estimate of drug-likeness (QED) is 0.211. The van der Waals surface area contributed by atoms with Crippen LogP contribution in [-0.2, 0) is 14.4 Å². The highest BCUT2D eigenvalue weighted by Gasteiger charge is 2.14. The van der Waals surface area contributed by atoms with Gasteiger partial charge in [0.05, 0.1) is 36.2 Å². The van der Waals surface area contributed by atoms with Crippen LogP contribution in [0.2, 0.25) is 10.0 Å². The molecule has 0 saturated carbocycles. The third-order valence-electron chi connectivity index (χ3n) is 4.71. The summed E-state index contributed by atoms with van der Waals surface area (Å²) in [5.74, 6) is -1.06. The molecule has 0 aliphatic rings. The fourth-order valence-electron chi connectivity index (χ4n) is 2.89. The Kier molecular flexibility index (Phi) is 9.70. The van der Waals surface area contributed by atoms with Gasteiger partial charge in [0.25, 0.3) is 5.91 Å². The van der Waals surface area contributed by atoms with Crippen LogP contribution in [0.1, 0.15) is 5.56 Å². The van der Waals surface area contributed by atoms with E-state index in [4.69, 9.17) is 37.4 Å². The Morgan fingerprint density at radius 3 is 2.35 bits per heavy atom. The SMILES string of the molecule is COc1ccc(NC(=O)C(=O)N/N=C\c2ccc(OCC(=O)Nc3cccc(Cl)c3Cl)c(OC)c2)cc1. The van der Waals surface area contributed by atoms with Crippen LogP contribution >= 0.6 is 23.2 Å². The minimum atomic E-state index is -0.954. The summed E-state index contributed by atoms with van der Waals surface area (Å²) in [5.41, 5.74) is 3.47. The molecule has 37 heavy (non-hydrogen) atoms. The zero-order chi connectivity index (χ0) is 26.8. The van der Waals surface area contributed by atoms with Crippen molar-refractivity contribution in [2.75, 3.05) is 31.5 Å². The minimum absolute atomic E-state index is 0.226. The topological polar surface area (TPSA) is 127 Å². The highest BCUT2D eigenvalue weighted by molar-refractivity contribution is 6.44. The van der Waals surface area contributed by atoms with Gasteiger partial charge in [0, 0.05) is 5.69 Å². The third-order valence-corrected chi connectivity index (χ3v) is 5.52. The zero-order valence-electron chi connectivity index (χ0n) is 19.7. The van der Waals surface area contributed by atoms with Crippen LogP contribution in [0.25, 0.3) is 0 Å². The minimum Gasteiger partial charge on any atom is -0.497 e. The van der Waals surface area contributed by atoms with Gasteiger partial charge in [-0.1, -0.05) is 29.3 Å². The average Bonchev–Trinajstić information content (AvgIpc) is 2.90. The van der Waals surface area contributed by atoms with E-state index in [1.165, 1.54) is 20.4 Å². The number of benzene rings is 3. The van der Waals surface area contributed by atoms with Crippen molar-refractivity contribution in [3.63, 3.8) is 0 Å². The molecule has 0 bridgehead atoms. The van der Waals surface area contributed by atoms with E-state index in [9.17, 15) is 14.4 Å². The largest absolute Gasteiger partial charge is 0.497 e. The van der Waals surface area contributed by atoms with Crippen molar-refractivity contribution in [2.24, 2.45) is 5.10 Å². The maximum atomic E-state index is 12.2. The van der Waals surface area contributed by atoms with Crippen LogP contribution in [0.15, 0.2) is 65.8 Å². The number of amides is 3. The number of anilines is 2. The molecule has 3 amide bonds. The van der Waals surface area contributed by atoms with Crippen molar-refractivity contribution in [3.05, 3.63) is 76.3 Å². The molecule has 10 nitrogen and oxygen atoms in total. The molecule has 0 unspecified atom stereocenters. The molecule has 0 aromatic heterocycles. The molecule has 3 aromatic rings. The number of carbonyl (C=O) groups is 3. The van der Waals surface area contributed by atoms with Crippen LogP contribution in [0, 0.1) is 0 Å². The maximum absolute atomic E-state index is 12.2. The number of nitrogens with one attached hydrogen (secondary N) is 3. The Balaban J connectivity index is 1.53. The lowest BCUT2D eigenvalue weighted by Gasteiger charge is -2.12. The number of hydrazone groups is 1. The molecule has 0 aliphatic heterocycles. The second-order valence-corrected chi connectivity index (χ2v) is 8.02. The summed E-state index contributed by atoms with van der Waals surface area (Å²) in [6.45, 7) is -0.313. The van der Waals surface area contributed by atoms with E-state index in [0.717, 1.165) is 0 Å². The molecule has 0 aliphatic carbocycles. The Labute approximate surface area is 222 Å². The van der Waals surface area contributed by atoms with Crippen molar-refractivity contribution in [1.82, 2.24) is 5.43 Å². The van der Waals surface area contributed by atoms with Crippen LogP contribution in [-0.4, -0.2) is 44.8 Å². The lowest BCUT2D eigenvalue weighted by atomic mass is 10.2. The summed E-state index contributed by atoms with van der Waals surface area (Å²) in [5, 5.41) is 9.39. The van der Waals surface area contributed by atoms with Crippen LogP contribution in [0.4, 0.5) is 11.4 Å². The van der Waals surface area contributed by atoms with Gasteiger partial charge in [-0.05, 0) is 60.2 Å². The van der Waals surface area contributed by atoms with E-state index in [0.29, 0.717) is 39.2 Å². The number of methoxy groups -OCH3 is 2. The average molecular weight is 545 g/mol. The van der Waals surface area contributed by atoms with Crippen molar-refractivity contribution in [3.8, 4) is 17.2 Å². The maximum Gasteiger partial charge on any atom is 0.329 e. The van der Waals surface area contributed by atoms with Gasteiger partial charge in [0.2, 0.25) is 0 Å². The number of nitrogens with zero attached hydrogens (tertiary/aromatic N) is 1. The molecule has 12 heteroatoms. The fraction of sp³-hybridized carbons (Fsp3) is 0.120. The molecule has 3 N–H and O–H groups in total. The summed E-state index contributed by atoms with van der Waals surface area (Å²) in [6, 6.07) is 16.1. The first-order valence-electron chi connectivity index (χ1n) is 10.6. The molecule has 0 atom stereocenters. The number of ether oxygens (including phenoxy) is 3. The molecule has 0 spiro atoms. The third kappa shape index (κ3) is 7.86. The predicted octanol–water partition coefficient (Wildman–Crippen LogP) is 4.12. The second kappa shape index (κ2) is 13.1. The molecular weight excluding hydrogens is 523 g/mol. The van der Waals surface area contributed by atoms with Crippen LogP contribution in [0.5, 0.6) is 17.2 Å². The van der Waals surface area contributed by atoms with Gasteiger partial charge in [-0.2, -0.15) is 5.10 Å². The summed E-state index contributed by atoms with van der Waals surface area (Å²) < 4.78 is 15.9. The standard InChI is InChI=1S/C25H22Cl2N4O6/c1-35-17-9-7-16(8-10-17)29-24(33)25(34)31-28-13-15-6-11-20(21(12-15)36-2)37-14-22(32)30-19-5-3-4-18(26)23(19)27/h3-13H,14H2,1-2H3,(H,29,33)(H,30,32)(H,31,34)/b28-13-. The van der Waals surface area contributed by atoms with Crippen molar-refractivity contribution < 1.29 is 28.6 Å². The van der Waals surface area contributed by atoms with Crippen molar-refractivity contribution >= 4 is 58.5 Å². The summed E-state index contributed by atoms with van der Waals surface area (Å²) in [4.78, 5) is 36.3. The molecule has 0 radical (unpaired) electrons. The first-order chi connectivity index (χ1) is 17.8. The van der Waals surface area contributed by atoms with Gasteiger partial charge in [-0.15, -0.1) is 0 Å². The van der Waals surface area contributed by atoms with Gasteiger partial charge in [0.15, 0.2) is 18.1 Å². The lowest BCUT2D eigenvalue weighted by molar-refractivity contribution is -0.136. The molecule has 3 rings (SSSR count). The van der Waals surface area contributed by atoms with E-state index < -0.39 is 17.7 Å². The monoisotopic (exact) mass is 544 g/mol. The van der Waals surface area contributed by atoms with Gasteiger partial charge in [0.1, 0.15) is 5.75 Å². The summed E-state index contributed by atoms with van der Waals surface area (Å²) >= 11 is 12.0. The van der Waals surface area contributed by atoms with E-state index >= 15 is 0 Å². The first kappa shape index (κ1) is 27.3. The summed E-state index contributed by atoms with van der Waals surface area (Å²) in [6.07, 6.45) is 1.32. The summed E-state index contributed by atoms with van der Waals surface area (Å²) in [7, 11) is 2.95. The number of hydrogen-bond donors (Lipinski definition) is 3. The van der Waals surface area contributed by atoms with E-state index in [-0.39, 0.29) is 11.6 Å². The normalized spacial score (nSPS) is 10.5. The number of carbonyl (C=O) groups excluding carboxylic acids is 3. The Morgan fingerprint density at radius 1 is 0.892 bits per heavy atom. The molecule has 0 fully saturated rings. The zero-order valence-corrected chi connectivity index (χ0v) is 21.2. The molecule has 3 aromatic carbocycles. The number of hydrogen-bond acceptors (Lipinski definition) is 7. The van der Waals surface area contributed by atoms with Gasteiger partial charge in [-0.3, -0.25) is 14.4 Å².